The number of aryl methyl sites for hydroxylation is 3. The number of thiophene rings is 1. The van der Waals surface area contributed by atoms with E-state index >= 15 is 0 Å². The van der Waals surface area contributed by atoms with E-state index in [1.807, 2.05) is 13.8 Å². The van der Waals surface area contributed by atoms with Gasteiger partial charge in [-0.15, -0.1) is 11.3 Å². The van der Waals surface area contributed by atoms with E-state index in [4.69, 9.17) is 4.42 Å². The van der Waals surface area contributed by atoms with Gasteiger partial charge in [0.1, 0.15) is 5.58 Å². The first-order valence-electron chi connectivity index (χ1n) is 5.50. The third kappa shape index (κ3) is 1.50. The highest BCUT2D eigenvalue weighted by Gasteiger charge is 2.11. The molecule has 0 aliphatic carbocycles. The van der Waals surface area contributed by atoms with Crippen LogP contribution in [0.3, 0.4) is 0 Å². The van der Waals surface area contributed by atoms with Crippen molar-refractivity contribution in [3.05, 3.63) is 44.6 Å². The van der Waals surface area contributed by atoms with Crippen molar-refractivity contribution in [3.63, 3.8) is 0 Å². The largest absolute Gasteiger partial charge is 0.422 e. The molecule has 3 rings (SSSR count). The first kappa shape index (κ1) is 10.5. The zero-order valence-corrected chi connectivity index (χ0v) is 10.8. The minimum atomic E-state index is -0.272. The van der Waals surface area contributed by atoms with E-state index in [1.165, 1.54) is 15.0 Å². The normalized spacial score (nSPS) is 11.5. The Hall–Kier alpha value is -1.61. The maximum atomic E-state index is 11.4. The van der Waals surface area contributed by atoms with Crippen molar-refractivity contribution in [2.45, 2.75) is 20.8 Å². The maximum Gasteiger partial charge on any atom is 0.336 e. The van der Waals surface area contributed by atoms with Gasteiger partial charge in [-0.2, -0.15) is 0 Å². The third-order valence-electron chi connectivity index (χ3n) is 3.07. The molecule has 0 fully saturated rings. The predicted octanol–water partition coefficient (Wildman–Crippen LogP) is 3.93. The highest BCUT2D eigenvalue weighted by atomic mass is 32.1. The molecule has 0 aliphatic rings. The molecule has 86 valence electrons. The fraction of sp³-hybridized carbons (Fsp3) is 0.214. The molecule has 0 spiro atoms. The van der Waals surface area contributed by atoms with Crippen LogP contribution in [0.15, 0.2) is 27.4 Å². The first-order valence-corrected chi connectivity index (χ1v) is 6.32. The summed E-state index contributed by atoms with van der Waals surface area (Å²) in [4.78, 5) is 12.7. The van der Waals surface area contributed by atoms with Crippen molar-refractivity contribution in [3.8, 4) is 0 Å². The summed E-state index contributed by atoms with van der Waals surface area (Å²) in [7, 11) is 0. The molecule has 3 heteroatoms. The Morgan fingerprint density at radius 1 is 1.12 bits per heavy atom. The van der Waals surface area contributed by atoms with Crippen LogP contribution in [-0.2, 0) is 0 Å². The lowest BCUT2D eigenvalue weighted by molar-refractivity contribution is 0.558. The van der Waals surface area contributed by atoms with Crippen LogP contribution in [0.25, 0.3) is 21.1 Å². The van der Waals surface area contributed by atoms with Gasteiger partial charge >= 0.3 is 5.63 Å². The number of benzene rings is 1. The zero-order valence-electron chi connectivity index (χ0n) is 9.96. The number of hydrogen-bond donors (Lipinski definition) is 0. The summed E-state index contributed by atoms with van der Waals surface area (Å²) in [5.74, 6) is 0. The topological polar surface area (TPSA) is 30.2 Å². The summed E-state index contributed by atoms with van der Waals surface area (Å²) >= 11 is 1.74. The van der Waals surface area contributed by atoms with E-state index in [-0.39, 0.29) is 5.63 Å². The highest BCUT2D eigenvalue weighted by Crippen LogP contribution is 2.34. The quantitative estimate of drug-likeness (QED) is 0.561. The minimum Gasteiger partial charge on any atom is -0.422 e. The summed E-state index contributed by atoms with van der Waals surface area (Å²) in [5.41, 5.74) is 2.50. The molecular formula is C14H12O2S. The molecule has 0 amide bonds. The second-order valence-corrected chi connectivity index (χ2v) is 5.66. The van der Waals surface area contributed by atoms with E-state index in [0.29, 0.717) is 0 Å². The SMILES string of the molecule is Cc1cc2cc3c(C)cc(=O)oc3c(C)c2s1. The zero-order chi connectivity index (χ0) is 12.2. The molecule has 0 aliphatic heterocycles. The van der Waals surface area contributed by atoms with Gasteiger partial charge in [0.25, 0.3) is 0 Å². The summed E-state index contributed by atoms with van der Waals surface area (Å²) in [5, 5.41) is 2.27. The van der Waals surface area contributed by atoms with Gasteiger partial charge in [0.2, 0.25) is 0 Å². The maximum absolute atomic E-state index is 11.4. The van der Waals surface area contributed by atoms with E-state index in [2.05, 4.69) is 19.1 Å². The van der Waals surface area contributed by atoms with Gasteiger partial charge in [0, 0.05) is 26.6 Å². The van der Waals surface area contributed by atoms with Crippen LogP contribution >= 0.6 is 11.3 Å². The summed E-state index contributed by atoms with van der Waals surface area (Å²) in [6.45, 7) is 6.06. The Labute approximate surface area is 102 Å². The smallest absolute Gasteiger partial charge is 0.336 e. The molecule has 2 heterocycles. The molecule has 0 atom stereocenters. The van der Waals surface area contributed by atoms with Crippen LogP contribution in [0.2, 0.25) is 0 Å². The Balaban J connectivity index is 2.63. The van der Waals surface area contributed by atoms with Gasteiger partial charge < -0.3 is 4.42 Å². The summed E-state index contributed by atoms with van der Waals surface area (Å²) < 4.78 is 6.55. The molecule has 2 nitrogen and oxygen atoms in total. The standard InChI is InChI=1S/C14H12O2S/c1-7-4-12(15)16-13-9(3)14-10(6-11(7)13)5-8(2)17-14/h4-6H,1-3H3. The molecule has 0 saturated heterocycles. The van der Waals surface area contributed by atoms with E-state index in [1.54, 1.807) is 17.4 Å². The van der Waals surface area contributed by atoms with Gasteiger partial charge in [-0.3, -0.25) is 0 Å². The molecular weight excluding hydrogens is 232 g/mol. The molecule has 3 aromatic rings. The van der Waals surface area contributed by atoms with E-state index < -0.39 is 0 Å². The minimum absolute atomic E-state index is 0.272. The average Bonchev–Trinajstić information content (AvgIpc) is 2.62. The van der Waals surface area contributed by atoms with Crippen LogP contribution in [-0.4, -0.2) is 0 Å². The Morgan fingerprint density at radius 2 is 1.88 bits per heavy atom. The van der Waals surface area contributed by atoms with E-state index in [0.717, 1.165) is 22.1 Å². The van der Waals surface area contributed by atoms with Crippen molar-refractivity contribution >= 4 is 32.4 Å². The lowest BCUT2D eigenvalue weighted by Gasteiger charge is -2.04. The molecule has 0 N–H and O–H groups in total. The Kier molecular flexibility index (Phi) is 2.13. The third-order valence-corrected chi connectivity index (χ3v) is 4.26. The molecule has 0 bridgehead atoms. The van der Waals surface area contributed by atoms with Crippen LogP contribution in [0.5, 0.6) is 0 Å². The average molecular weight is 244 g/mol. The Morgan fingerprint density at radius 3 is 2.65 bits per heavy atom. The van der Waals surface area contributed by atoms with Crippen LogP contribution in [0.1, 0.15) is 16.0 Å². The second kappa shape index (κ2) is 3.44. The van der Waals surface area contributed by atoms with Gasteiger partial charge in [-0.05, 0) is 43.9 Å². The van der Waals surface area contributed by atoms with Crippen molar-refractivity contribution in [2.24, 2.45) is 0 Å². The van der Waals surface area contributed by atoms with Gasteiger partial charge in [0.15, 0.2) is 0 Å². The second-order valence-electron chi connectivity index (χ2n) is 4.40. The van der Waals surface area contributed by atoms with Crippen LogP contribution in [0, 0.1) is 20.8 Å². The Bertz CT molecular complexity index is 793. The molecule has 0 saturated carbocycles. The van der Waals surface area contributed by atoms with E-state index in [9.17, 15) is 4.79 Å². The first-order chi connectivity index (χ1) is 8.06. The highest BCUT2D eigenvalue weighted by molar-refractivity contribution is 7.19. The number of fused-ring (bicyclic) bond motifs is 2. The molecule has 17 heavy (non-hydrogen) atoms. The van der Waals surface area contributed by atoms with Crippen molar-refractivity contribution in [1.82, 2.24) is 0 Å². The predicted molar refractivity (Wildman–Crippen MR) is 72.1 cm³/mol. The number of rotatable bonds is 0. The lowest BCUT2D eigenvalue weighted by Crippen LogP contribution is -1.98. The summed E-state index contributed by atoms with van der Waals surface area (Å²) in [6, 6.07) is 5.84. The summed E-state index contributed by atoms with van der Waals surface area (Å²) in [6.07, 6.45) is 0. The fourth-order valence-electron chi connectivity index (χ4n) is 2.27. The lowest BCUT2D eigenvalue weighted by atomic mass is 10.1. The van der Waals surface area contributed by atoms with Crippen molar-refractivity contribution in [2.75, 3.05) is 0 Å². The van der Waals surface area contributed by atoms with Crippen LogP contribution in [0.4, 0.5) is 0 Å². The molecule has 0 unspecified atom stereocenters. The van der Waals surface area contributed by atoms with Crippen molar-refractivity contribution < 1.29 is 4.42 Å². The monoisotopic (exact) mass is 244 g/mol. The van der Waals surface area contributed by atoms with Gasteiger partial charge in [0.05, 0.1) is 0 Å². The molecule has 0 radical (unpaired) electrons. The van der Waals surface area contributed by atoms with Crippen molar-refractivity contribution in [1.29, 1.82) is 0 Å². The number of hydrogen-bond acceptors (Lipinski definition) is 3. The van der Waals surface area contributed by atoms with Crippen LogP contribution < -0.4 is 5.63 Å². The molecule has 2 aromatic heterocycles. The molecule has 1 aromatic carbocycles. The van der Waals surface area contributed by atoms with Gasteiger partial charge in [-0.25, -0.2) is 4.79 Å². The fourth-order valence-corrected chi connectivity index (χ4v) is 3.26. The van der Waals surface area contributed by atoms with Gasteiger partial charge in [-0.1, -0.05) is 0 Å².